The number of carbonyl (C=O) groups excluding carboxylic acids is 1. The summed E-state index contributed by atoms with van der Waals surface area (Å²) in [4.78, 5) is 21.2. The molecule has 1 saturated heterocycles. The van der Waals surface area contributed by atoms with Gasteiger partial charge in [-0.3, -0.25) is 14.4 Å². The van der Waals surface area contributed by atoms with Crippen LogP contribution in [0.25, 0.3) is 5.69 Å². The summed E-state index contributed by atoms with van der Waals surface area (Å²) in [5.74, 6) is 0.915. The van der Waals surface area contributed by atoms with Crippen molar-refractivity contribution in [1.82, 2.24) is 24.5 Å². The molecule has 8 heteroatoms. The molecule has 0 bridgehead atoms. The molecule has 0 atom stereocenters. The molecule has 3 aromatic rings. The normalized spacial score (nSPS) is 16.6. The molecule has 0 aromatic carbocycles. The summed E-state index contributed by atoms with van der Waals surface area (Å²) < 4.78 is 3.43. The SMILES string of the molecule is Cn1cc(N2Cc3cn(-c4ccc(N5CCCC5)nc4)nc3C2=O)cn1. The number of nitrogens with zero attached hydrogens (tertiary/aromatic N) is 7. The minimum Gasteiger partial charge on any atom is -0.357 e. The van der Waals surface area contributed by atoms with Gasteiger partial charge in [-0.05, 0) is 25.0 Å². The van der Waals surface area contributed by atoms with E-state index in [1.807, 2.05) is 37.8 Å². The van der Waals surface area contributed by atoms with Crippen LogP contribution in [0.5, 0.6) is 0 Å². The highest BCUT2D eigenvalue weighted by molar-refractivity contribution is 6.08. The van der Waals surface area contributed by atoms with Crippen LogP contribution in [0.4, 0.5) is 11.5 Å². The molecular formula is C18H19N7O. The highest BCUT2D eigenvalue weighted by Crippen LogP contribution is 2.28. The Morgan fingerprint density at radius 3 is 2.54 bits per heavy atom. The van der Waals surface area contributed by atoms with Crippen molar-refractivity contribution in [2.45, 2.75) is 19.4 Å². The predicted molar refractivity (Wildman–Crippen MR) is 96.5 cm³/mol. The van der Waals surface area contributed by atoms with Gasteiger partial charge in [0.25, 0.3) is 5.91 Å². The number of rotatable bonds is 3. The Morgan fingerprint density at radius 1 is 1.04 bits per heavy atom. The van der Waals surface area contributed by atoms with Crippen molar-refractivity contribution in [1.29, 1.82) is 0 Å². The fourth-order valence-corrected chi connectivity index (χ4v) is 3.61. The monoisotopic (exact) mass is 349 g/mol. The van der Waals surface area contributed by atoms with E-state index in [0.29, 0.717) is 12.2 Å². The van der Waals surface area contributed by atoms with Crippen molar-refractivity contribution >= 4 is 17.4 Å². The smallest absolute Gasteiger partial charge is 0.279 e. The van der Waals surface area contributed by atoms with Crippen molar-refractivity contribution in [3.63, 3.8) is 0 Å². The largest absolute Gasteiger partial charge is 0.357 e. The highest BCUT2D eigenvalue weighted by atomic mass is 16.2. The molecule has 1 amide bonds. The number of amides is 1. The summed E-state index contributed by atoms with van der Waals surface area (Å²) in [5.41, 5.74) is 3.07. The molecule has 0 unspecified atom stereocenters. The quantitative estimate of drug-likeness (QED) is 0.720. The van der Waals surface area contributed by atoms with Gasteiger partial charge in [-0.2, -0.15) is 10.2 Å². The van der Waals surface area contributed by atoms with Crippen LogP contribution >= 0.6 is 0 Å². The molecule has 0 saturated carbocycles. The molecule has 8 nitrogen and oxygen atoms in total. The Bertz CT molecular complexity index is 966. The summed E-state index contributed by atoms with van der Waals surface area (Å²) >= 11 is 0. The number of hydrogen-bond acceptors (Lipinski definition) is 5. The molecule has 0 N–H and O–H groups in total. The number of aromatic nitrogens is 5. The summed E-state index contributed by atoms with van der Waals surface area (Å²) in [6, 6.07) is 4.03. The van der Waals surface area contributed by atoms with E-state index in [2.05, 4.69) is 20.1 Å². The van der Waals surface area contributed by atoms with Crippen molar-refractivity contribution in [3.8, 4) is 5.69 Å². The zero-order valence-corrected chi connectivity index (χ0v) is 14.5. The number of pyridine rings is 1. The van der Waals surface area contributed by atoms with E-state index in [-0.39, 0.29) is 5.91 Å². The minimum atomic E-state index is -0.0894. The first-order valence-corrected chi connectivity index (χ1v) is 8.79. The summed E-state index contributed by atoms with van der Waals surface area (Å²) in [6.07, 6.45) is 9.71. The first kappa shape index (κ1) is 15.1. The van der Waals surface area contributed by atoms with Crippen LogP contribution in [0.3, 0.4) is 0 Å². The third-order valence-electron chi connectivity index (χ3n) is 5.00. The second-order valence-electron chi connectivity index (χ2n) is 6.78. The van der Waals surface area contributed by atoms with Crippen LogP contribution in [0.2, 0.25) is 0 Å². The van der Waals surface area contributed by atoms with E-state index in [1.165, 1.54) is 12.8 Å². The molecule has 5 heterocycles. The standard InChI is InChI=1S/C18H19N7O/c1-22-12-15(9-20-22)24-10-13-11-25(21-17(13)18(24)26)14-4-5-16(19-8-14)23-6-2-3-7-23/h4-5,8-9,11-12H,2-3,6-7,10H2,1H3. The van der Waals surface area contributed by atoms with Crippen molar-refractivity contribution in [2.75, 3.05) is 22.9 Å². The number of anilines is 2. The topological polar surface area (TPSA) is 72.1 Å². The predicted octanol–water partition coefficient (Wildman–Crippen LogP) is 1.76. The first-order chi connectivity index (χ1) is 12.7. The number of fused-ring (bicyclic) bond motifs is 1. The van der Waals surface area contributed by atoms with E-state index in [1.54, 1.807) is 20.5 Å². The van der Waals surface area contributed by atoms with E-state index >= 15 is 0 Å². The van der Waals surface area contributed by atoms with Crippen molar-refractivity contribution < 1.29 is 4.79 Å². The van der Waals surface area contributed by atoms with Crippen LogP contribution in [0, 0.1) is 0 Å². The van der Waals surface area contributed by atoms with E-state index < -0.39 is 0 Å². The Kier molecular flexibility index (Phi) is 3.31. The highest BCUT2D eigenvalue weighted by Gasteiger charge is 2.32. The molecule has 2 aliphatic heterocycles. The third-order valence-corrected chi connectivity index (χ3v) is 5.00. The zero-order chi connectivity index (χ0) is 17.7. The zero-order valence-electron chi connectivity index (χ0n) is 14.5. The molecule has 1 fully saturated rings. The Balaban J connectivity index is 1.39. The van der Waals surface area contributed by atoms with Gasteiger partial charge in [0.2, 0.25) is 0 Å². The minimum absolute atomic E-state index is 0.0894. The van der Waals surface area contributed by atoms with Gasteiger partial charge < -0.3 is 4.90 Å². The average molecular weight is 349 g/mol. The lowest BCUT2D eigenvalue weighted by atomic mass is 10.3. The van der Waals surface area contributed by atoms with Gasteiger partial charge in [0.1, 0.15) is 5.82 Å². The van der Waals surface area contributed by atoms with Crippen LogP contribution < -0.4 is 9.80 Å². The average Bonchev–Trinajstić information content (AvgIpc) is 3.41. The lowest BCUT2D eigenvalue weighted by Gasteiger charge is -2.16. The van der Waals surface area contributed by atoms with Gasteiger partial charge in [-0.1, -0.05) is 0 Å². The van der Waals surface area contributed by atoms with Crippen LogP contribution in [-0.4, -0.2) is 43.5 Å². The van der Waals surface area contributed by atoms with Crippen LogP contribution in [0.15, 0.2) is 36.9 Å². The number of hydrogen-bond donors (Lipinski definition) is 0. The molecule has 0 radical (unpaired) electrons. The second kappa shape index (κ2) is 5.69. The molecular weight excluding hydrogens is 330 g/mol. The third kappa shape index (κ3) is 2.37. The van der Waals surface area contributed by atoms with Gasteiger partial charge >= 0.3 is 0 Å². The van der Waals surface area contributed by atoms with Crippen molar-refractivity contribution in [2.24, 2.45) is 7.05 Å². The van der Waals surface area contributed by atoms with Gasteiger partial charge in [0.05, 0.1) is 30.3 Å². The fourth-order valence-electron chi connectivity index (χ4n) is 3.61. The summed E-state index contributed by atoms with van der Waals surface area (Å²) in [7, 11) is 1.84. The lowest BCUT2D eigenvalue weighted by molar-refractivity contribution is 0.0991. The van der Waals surface area contributed by atoms with Gasteiger partial charge in [0.15, 0.2) is 5.69 Å². The molecule has 0 aliphatic carbocycles. The molecule has 5 rings (SSSR count). The Labute approximate surface area is 150 Å². The van der Waals surface area contributed by atoms with Crippen molar-refractivity contribution in [3.05, 3.63) is 48.2 Å². The van der Waals surface area contributed by atoms with Crippen LogP contribution in [0.1, 0.15) is 28.9 Å². The van der Waals surface area contributed by atoms with E-state index in [4.69, 9.17) is 0 Å². The first-order valence-electron chi connectivity index (χ1n) is 8.79. The van der Waals surface area contributed by atoms with Crippen LogP contribution in [-0.2, 0) is 13.6 Å². The second-order valence-corrected chi connectivity index (χ2v) is 6.78. The maximum atomic E-state index is 12.7. The summed E-state index contributed by atoms with van der Waals surface area (Å²) in [5, 5.41) is 8.63. The Morgan fingerprint density at radius 2 is 1.88 bits per heavy atom. The number of aryl methyl sites for hydroxylation is 1. The van der Waals surface area contributed by atoms with Gasteiger partial charge in [-0.15, -0.1) is 0 Å². The van der Waals surface area contributed by atoms with Gasteiger partial charge in [-0.25, -0.2) is 9.67 Å². The maximum absolute atomic E-state index is 12.7. The fraction of sp³-hybridized carbons (Fsp3) is 0.333. The maximum Gasteiger partial charge on any atom is 0.279 e. The number of carbonyl (C=O) groups is 1. The van der Waals surface area contributed by atoms with Gasteiger partial charge in [0, 0.05) is 38.1 Å². The molecule has 2 aliphatic rings. The molecule has 26 heavy (non-hydrogen) atoms. The molecule has 0 spiro atoms. The lowest BCUT2D eigenvalue weighted by Crippen LogP contribution is -2.24. The Hall–Kier alpha value is -3.16. The summed E-state index contributed by atoms with van der Waals surface area (Å²) in [6.45, 7) is 2.65. The van der Waals surface area contributed by atoms with E-state index in [0.717, 1.165) is 35.8 Å². The molecule has 3 aromatic heterocycles. The van der Waals surface area contributed by atoms with E-state index in [9.17, 15) is 4.79 Å². The molecule has 132 valence electrons.